The van der Waals surface area contributed by atoms with Crippen LogP contribution in [-0.4, -0.2) is 17.2 Å². The maximum atomic E-state index is 13.5. The normalized spacial score (nSPS) is 27.5. The van der Waals surface area contributed by atoms with E-state index in [4.69, 9.17) is 4.74 Å². The highest BCUT2D eigenvalue weighted by atomic mass is 16.5. The van der Waals surface area contributed by atoms with Gasteiger partial charge in [-0.05, 0) is 31.4 Å². The van der Waals surface area contributed by atoms with Crippen molar-refractivity contribution in [2.75, 3.05) is 0 Å². The summed E-state index contributed by atoms with van der Waals surface area (Å²) in [6.07, 6.45) is 1.68. The van der Waals surface area contributed by atoms with Gasteiger partial charge in [0, 0.05) is 17.5 Å². The van der Waals surface area contributed by atoms with Gasteiger partial charge in [0.05, 0.1) is 5.41 Å². The van der Waals surface area contributed by atoms with Crippen molar-refractivity contribution < 1.29 is 14.3 Å². The standard InChI is InChI=1S/C21H20O3/c1-14(22)13-20(2)17-9-5-6-10-18(17)24-21(20)12-11-15-7-3-4-8-16(15)19(21)23/h3-10H,11-13H2,1-2H3. The monoisotopic (exact) mass is 320 g/mol. The molecule has 0 N–H and O–H groups in total. The Morgan fingerprint density at radius 1 is 1.12 bits per heavy atom. The van der Waals surface area contributed by atoms with E-state index < -0.39 is 11.0 Å². The van der Waals surface area contributed by atoms with Crippen molar-refractivity contribution in [1.82, 2.24) is 0 Å². The second kappa shape index (κ2) is 5.04. The molecule has 1 spiro atoms. The highest BCUT2D eigenvalue weighted by Crippen LogP contribution is 2.55. The zero-order valence-electron chi connectivity index (χ0n) is 14.0. The molecule has 24 heavy (non-hydrogen) atoms. The SMILES string of the molecule is CC(=O)CC1(C)c2ccccc2OC12CCc1ccccc1C2=O. The molecule has 0 saturated heterocycles. The smallest absolute Gasteiger partial charge is 0.207 e. The zero-order chi connectivity index (χ0) is 16.9. The maximum Gasteiger partial charge on any atom is 0.207 e. The minimum atomic E-state index is -0.989. The van der Waals surface area contributed by atoms with Crippen LogP contribution in [0.15, 0.2) is 48.5 Å². The van der Waals surface area contributed by atoms with E-state index in [0.29, 0.717) is 12.8 Å². The molecule has 4 rings (SSSR count). The number of carbonyl (C=O) groups is 2. The van der Waals surface area contributed by atoms with Crippen LogP contribution in [-0.2, 0) is 16.6 Å². The fourth-order valence-electron chi connectivity index (χ4n) is 4.49. The van der Waals surface area contributed by atoms with Crippen molar-refractivity contribution in [3.8, 4) is 5.75 Å². The Balaban J connectivity index is 1.92. The lowest BCUT2D eigenvalue weighted by Crippen LogP contribution is -2.58. The average Bonchev–Trinajstić information content (AvgIpc) is 2.80. The molecular weight excluding hydrogens is 300 g/mol. The number of Topliss-reactive ketones (excluding diaryl/α,β-unsaturated/α-hetero) is 2. The van der Waals surface area contributed by atoms with Gasteiger partial charge in [-0.15, -0.1) is 0 Å². The summed E-state index contributed by atoms with van der Waals surface area (Å²) in [6.45, 7) is 3.59. The first kappa shape index (κ1) is 15.1. The van der Waals surface area contributed by atoms with E-state index in [1.54, 1.807) is 6.92 Å². The van der Waals surface area contributed by atoms with Crippen LogP contribution in [0.3, 0.4) is 0 Å². The summed E-state index contributed by atoms with van der Waals surface area (Å²) < 4.78 is 6.32. The lowest BCUT2D eigenvalue weighted by atomic mass is 9.60. The highest BCUT2D eigenvalue weighted by Gasteiger charge is 2.63. The van der Waals surface area contributed by atoms with Crippen LogP contribution in [0.1, 0.15) is 48.2 Å². The first-order valence-corrected chi connectivity index (χ1v) is 8.39. The van der Waals surface area contributed by atoms with E-state index in [-0.39, 0.29) is 11.6 Å². The molecule has 3 heteroatoms. The molecule has 3 nitrogen and oxygen atoms in total. The topological polar surface area (TPSA) is 43.4 Å². The van der Waals surface area contributed by atoms with Gasteiger partial charge in [-0.3, -0.25) is 9.59 Å². The Kier molecular flexibility index (Phi) is 3.17. The summed E-state index contributed by atoms with van der Waals surface area (Å²) in [5.41, 5.74) is 1.13. The van der Waals surface area contributed by atoms with Gasteiger partial charge in [0.1, 0.15) is 11.5 Å². The first-order valence-electron chi connectivity index (χ1n) is 8.39. The predicted molar refractivity (Wildman–Crippen MR) is 91.5 cm³/mol. The lowest BCUT2D eigenvalue weighted by molar-refractivity contribution is -0.119. The van der Waals surface area contributed by atoms with Crippen molar-refractivity contribution in [2.24, 2.45) is 0 Å². The third-order valence-electron chi connectivity index (χ3n) is 5.63. The van der Waals surface area contributed by atoms with E-state index in [2.05, 4.69) is 0 Å². The average molecular weight is 320 g/mol. The number of carbonyl (C=O) groups excluding carboxylic acids is 2. The van der Waals surface area contributed by atoms with Gasteiger partial charge < -0.3 is 4.74 Å². The molecule has 2 unspecified atom stereocenters. The molecule has 2 aliphatic rings. The lowest BCUT2D eigenvalue weighted by Gasteiger charge is -2.43. The van der Waals surface area contributed by atoms with Crippen LogP contribution in [0.5, 0.6) is 5.75 Å². The Bertz CT molecular complexity index is 854. The number of hydrogen-bond acceptors (Lipinski definition) is 3. The van der Waals surface area contributed by atoms with E-state index in [1.165, 1.54) is 0 Å². The summed E-state index contributed by atoms with van der Waals surface area (Å²) in [6, 6.07) is 15.5. The second-order valence-electron chi connectivity index (χ2n) is 7.12. The summed E-state index contributed by atoms with van der Waals surface area (Å²) in [5, 5.41) is 0. The van der Waals surface area contributed by atoms with Crippen molar-refractivity contribution in [3.05, 3.63) is 65.2 Å². The number of ketones is 2. The molecule has 0 aromatic heterocycles. The quantitative estimate of drug-likeness (QED) is 0.843. The van der Waals surface area contributed by atoms with E-state index >= 15 is 0 Å². The van der Waals surface area contributed by atoms with Crippen molar-refractivity contribution >= 4 is 11.6 Å². The van der Waals surface area contributed by atoms with Crippen LogP contribution < -0.4 is 4.74 Å². The molecule has 0 saturated carbocycles. The number of fused-ring (bicyclic) bond motifs is 2. The summed E-state index contributed by atoms with van der Waals surface area (Å²) in [4.78, 5) is 25.5. The molecule has 0 radical (unpaired) electrons. The molecule has 0 amide bonds. The molecule has 122 valence electrons. The van der Waals surface area contributed by atoms with Crippen LogP contribution in [0, 0.1) is 0 Å². The molecule has 2 aromatic rings. The molecule has 1 aliphatic heterocycles. The van der Waals surface area contributed by atoms with E-state index in [1.807, 2.05) is 55.5 Å². The van der Waals surface area contributed by atoms with Crippen LogP contribution in [0.25, 0.3) is 0 Å². The molecule has 2 atom stereocenters. The Morgan fingerprint density at radius 2 is 1.83 bits per heavy atom. The minimum absolute atomic E-state index is 0.00398. The molecule has 0 bridgehead atoms. The van der Waals surface area contributed by atoms with E-state index in [9.17, 15) is 9.59 Å². The summed E-state index contributed by atoms with van der Waals surface area (Å²) in [5.74, 6) is 0.808. The van der Waals surface area contributed by atoms with Gasteiger partial charge in [0.25, 0.3) is 0 Å². The van der Waals surface area contributed by atoms with Gasteiger partial charge in [-0.1, -0.05) is 49.4 Å². The molecule has 1 heterocycles. The van der Waals surface area contributed by atoms with Gasteiger partial charge in [0.2, 0.25) is 5.78 Å². The van der Waals surface area contributed by atoms with Crippen LogP contribution in [0.4, 0.5) is 0 Å². The van der Waals surface area contributed by atoms with Gasteiger partial charge in [0.15, 0.2) is 5.60 Å². The number of benzene rings is 2. The van der Waals surface area contributed by atoms with Gasteiger partial charge in [-0.2, -0.15) is 0 Å². The van der Waals surface area contributed by atoms with Gasteiger partial charge in [-0.25, -0.2) is 0 Å². The highest BCUT2D eigenvalue weighted by molar-refractivity contribution is 6.07. The third kappa shape index (κ3) is 1.84. The van der Waals surface area contributed by atoms with Crippen molar-refractivity contribution in [3.63, 3.8) is 0 Å². The Labute approximate surface area is 141 Å². The second-order valence-corrected chi connectivity index (χ2v) is 7.12. The largest absolute Gasteiger partial charge is 0.478 e. The Hall–Kier alpha value is -2.42. The van der Waals surface area contributed by atoms with Crippen molar-refractivity contribution in [1.29, 1.82) is 0 Å². The molecule has 2 aromatic carbocycles. The van der Waals surface area contributed by atoms with Crippen LogP contribution in [0.2, 0.25) is 0 Å². The third-order valence-corrected chi connectivity index (χ3v) is 5.63. The van der Waals surface area contributed by atoms with Gasteiger partial charge >= 0.3 is 0 Å². The summed E-state index contributed by atoms with van der Waals surface area (Å²) >= 11 is 0. The molecular formula is C21H20O3. The number of rotatable bonds is 2. The van der Waals surface area contributed by atoms with E-state index in [0.717, 1.165) is 28.9 Å². The number of ether oxygens (including phenoxy) is 1. The fraction of sp³-hybridized carbons (Fsp3) is 0.333. The Morgan fingerprint density at radius 3 is 2.62 bits per heavy atom. The number of para-hydroxylation sites is 1. The van der Waals surface area contributed by atoms with Crippen molar-refractivity contribution in [2.45, 2.75) is 44.1 Å². The number of hydrogen-bond donors (Lipinski definition) is 0. The zero-order valence-corrected chi connectivity index (χ0v) is 14.0. The molecule has 1 aliphatic carbocycles. The first-order chi connectivity index (χ1) is 11.5. The predicted octanol–water partition coefficient (Wildman–Crippen LogP) is 3.88. The maximum absolute atomic E-state index is 13.5. The number of aryl methyl sites for hydroxylation is 1. The molecule has 0 fully saturated rings. The minimum Gasteiger partial charge on any atom is -0.478 e. The van der Waals surface area contributed by atoms with Crippen LogP contribution >= 0.6 is 0 Å². The fourth-order valence-corrected chi connectivity index (χ4v) is 4.49. The summed E-state index contributed by atoms with van der Waals surface area (Å²) in [7, 11) is 0.